The lowest BCUT2D eigenvalue weighted by Crippen LogP contribution is -2.16. The molecule has 0 saturated carbocycles. The maximum atomic E-state index is 12.1. The predicted molar refractivity (Wildman–Crippen MR) is 115 cm³/mol. The van der Waals surface area contributed by atoms with Crippen LogP contribution in [0.15, 0.2) is 42.6 Å². The van der Waals surface area contributed by atoms with Crippen molar-refractivity contribution in [1.29, 1.82) is 0 Å². The minimum absolute atomic E-state index is 0.314. The maximum Gasteiger partial charge on any atom is 0.252 e. The summed E-state index contributed by atoms with van der Waals surface area (Å²) in [5.41, 5.74) is 9.26. The zero-order chi connectivity index (χ0) is 20.8. The molecule has 29 heavy (non-hydrogen) atoms. The number of likely N-dealkylation sites (N-methyl/N-ethyl adjacent to an activating group) is 1. The van der Waals surface area contributed by atoms with Crippen molar-refractivity contribution >= 4 is 28.2 Å². The molecule has 0 saturated heterocycles. The molecule has 1 heterocycles. The van der Waals surface area contributed by atoms with Gasteiger partial charge in [-0.25, -0.2) is 0 Å². The van der Waals surface area contributed by atoms with Crippen LogP contribution in [0.2, 0.25) is 0 Å². The molecular weight excluding hydrogens is 368 g/mol. The fraction of sp³-hybridized carbons (Fsp3) is 0.273. The van der Waals surface area contributed by atoms with Gasteiger partial charge in [0, 0.05) is 29.9 Å². The smallest absolute Gasteiger partial charge is 0.252 e. The number of benzene rings is 2. The molecular formula is C22H26N4O3. The number of nitrogens with two attached hydrogens (primary N) is 1. The molecule has 0 fully saturated rings. The summed E-state index contributed by atoms with van der Waals surface area (Å²) in [7, 11) is 3.44. The summed E-state index contributed by atoms with van der Waals surface area (Å²) in [6.45, 7) is 3.28. The van der Waals surface area contributed by atoms with Crippen molar-refractivity contribution in [1.82, 2.24) is 10.3 Å². The second kappa shape index (κ2) is 9.25. The molecule has 1 aromatic heterocycles. The Labute approximate surface area is 170 Å². The minimum Gasteiger partial charge on any atom is -0.493 e. The summed E-state index contributed by atoms with van der Waals surface area (Å²) in [4.78, 5) is 16.5. The third kappa shape index (κ3) is 4.41. The van der Waals surface area contributed by atoms with Gasteiger partial charge in [-0.05, 0) is 31.2 Å². The number of ether oxygens (including phenoxy) is 2. The quantitative estimate of drug-likeness (QED) is 0.482. The molecule has 7 heteroatoms. The number of pyridine rings is 1. The summed E-state index contributed by atoms with van der Waals surface area (Å²) in [6, 6.07) is 11.6. The van der Waals surface area contributed by atoms with E-state index >= 15 is 0 Å². The van der Waals surface area contributed by atoms with Crippen molar-refractivity contribution in [3.8, 4) is 11.5 Å². The van der Waals surface area contributed by atoms with Crippen molar-refractivity contribution in [2.75, 3.05) is 32.6 Å². The highest BCUT2D eigenvalue weighted by Crippen LogP contribution is 2.37. The van der Waals surface area contributed by atoms with Crippen molar-refractivity contribution < 1.29 is 14.3 Å². The van der Waals surface area contributed by atoms with E-state index < -0.39 is 5.91 Å². The summed E-state index contributed by atoms with van der Waals surface area (Å²) in [5, 5.41) is 7.16. The first-order valence-electron chi connectivity index (χ1n) is 9.51. The van der Waals surface area contributed by atoms with E-state index in [-0.39, 0.29) is 0 Å². The normalized spacial score (nSPS) is 10.7. The number of para-hydroxylation sites is 1. The van der Waals surface area contributed by atoms with Gasteiger partial charge in [0.2, 0.25) is 0 Å². The molecule has 4 N–H and O–H groups in total. The summed E-state index contributed by atoms with van der Waals surface area (Å²) >= 11 is 0. The van der Waals surface area contributed by atoms with Gasteiger partial charge < -0.3 is 25.8 Å². The molecule has 0 aliphatic heterocycles. The topological polar surface area (TPSA) is 98.5 Å². The predicted octanol–water partition coefficient (Wildman–Crippen LogP) is 3.25. The van der Waals surface area contributed by atoms with Gasteiger partial charge in [0.1, 0.15) is 6.61 Å². The van der Waals surface area contributed by atoms with Gasteiger partial charge >= 0.3 is 0 Å². The molecule has 0 unspecified atom stereocenters. The van der Waals surface area contributed by atoms with E-state index in [0.717, 1.165) is 23.1 Å². The summed E-state index contributed by atoms with van der Waals surface area (Å²) in [5.74, 6) is 0.600. The summed E-state index contributed by atoms with van der Waals surface area (Å²) < 4.78 is 11.3. The number of amides is 1. The molecule has 152 valence electrons. The lowest BCUT2D eigenvalue weighted by atomic mass is 10.1. The highest BCUT2D eigenvalue weighted by molar-refractivity contribution is 6.08. The van der Waals surface area contributed by atoms with Crippen LogP contribution < -0.4 is 25.8 Å². The van der Waals surface area contributed by atoms with Crippen molar-refractivity contribution in [3.05, 3.63) is 53.7 Å². The van der Waals surface area contributed by atoms with Crippen LogP contribution in [0.4, 0.5) is 11.4 Å². The molecule has 2 aromatic carbocycles. The van der Waals surface area contributed by atoms with E-state index in [4.69, 9.17) is 15.2 Å². The van der Waals surface area contributed by atoms with Crippen LogP contribution in [0.5, 0.6) is 11.5 Å². The molecule has 0 aliphatic carbocycles. The lowest BCUT2D eigenvalue weighted by Gasteiger charge is -2.17. The number of anilines is 2. The lowest BCUT2D eigenvalue weighted by molar-refractivity contribution is 0.100. The van der Waals surface area contributed by atoms with Crippen LogP contribution in [0.1, 0.15) is 22.8 Å². The standard InChI is InChI=1S/C22H26N4O3/c1-4-14-7-5-6-8-17(14)26-21-15-11-19(28-3)20(29-10-9-24-2)12-18(15)25-13-16(21)22(23)27/h5-8,11-13,24H,4,9-10H2,1-3H3,(H2,23,27)(H,25,26). The third-order valence-corrected chi connectivity index (χ3v) is 4.69. The molecule has 7 nitrogen and oxygen atoms in total. The van der Waals surface area contributed by atoms with Gasteiger partial charge in [-0.2, -0.15) is 0 Å². The largest absolute Gasteiger partial charge is 0.493 e. The van der Waals surface area contributed by atoms with E-state index in [9.17, 15) is 4.79 Å². The highest BCUT2D eigenvalue weighted by atomic mass is 16.5. The molecule has 0 bridgehead atoms. The van der Waals surface area contributed by atoms with Gasteiger partial charge in [-0.1, -0.05) is 25.1 Å². The first-order valence-corrected chi connectivity index (χ1v) is 9.51. The van der Waals surface area contributed by atoms with Crippen LogP contribution in [-0.2, 0) is 6.42 Å². The Bertz CT molecular complexity index is 1020. The van der Waals surface area contributed by atoms with Crippen LogP contribution >= 0.6 is 0 Å². The first-order chi connectivity index (χ1) is 14.1. The maximum absolute atomic E-state index is 12.1. The number of aromatic nitrogens is 1. The van der Waals surface area contributed by atoms with E-state index in [2.05, 4.69) is 22.5 Å². The number of nitrogens with one attached hydrogen (secondary N) is 2. The fourth-order valence-corrected chi connectivity index (χ4v) is 3.14. The molecule has 0 aliphatic rings. The zero-order valence-corrected chi connectivity index (χ0v) is 16.9. The number of primary amides is 1. The average molecular weight is 394 g/mol. The monoisotopic (exact) mass is 394 g/mol. The first kappa shape index (κ1) is 20.4. The number of aryl methyl sites for hydroxylation is 1. The third-order valence-electron chi connectivity index (χ3n) is 4.69. The number of methoxy groups -OCH3 is 1. The second-order valence-electron chi connectivity index (χ2n) is 6.52. The Morgan fingerprint density at radius 1 is 1.21 bits per heavy atom. The van der Waals surface area contributed by atoms with Gasteiger partial charge in [-0.15, -0.1) is 0 Å². The number of hydrogen-bond donors (Lipinski definition) is 3. The van der Waals surface area contributed by atoms with Crippen molar-refractivity contribution in [2.45, 2.75) is 13.3 Å². The van der Waals surface area contributed by atoms with Gasteiger partial charge in [0.25, 0.3) is 5.91 Å². The van der Waals surface area contributed by atoms with E-state index in [1.807, 2.05) is 43.4 Å². The number of carbonyl (C=O) groups excluding carboxylic acids is 1. The Morgan fingerprint density at radius 2 is 2.00 bits per heavy atom. The van der Waals surface area contributed by atoms with E-state index in [1.165, 1.54) is 6.20 Å². The van der Waals surface area contributed by atoms with E-state index in [0.29, 0.717) is 41.4 Å². The Hall–Kier alpha value is -3.32. The molecule has 3 aromatic rings. The number of fused-ring (bicyclic) bond motifs is 1. The van der Waals surface area contributed by atoms with Crippen molar-refractivity contribution in [3.63, 3.8) is 0 Å². The summed E-state index contributed by atoms with van der Waals surface area (Å²) in [6.07, 6.45) is 2.34. The fourth-order valence-electron chi connectivity index (χ4n) is 3.14. The van der Waals surface area contributed by atoms with Gasteiger partial charge in [0.15, 0.2) is 11.5 Å². The number of nitrogens with zero attached hydrogens (tertiary/aromatic N) is 1. The van der Waals surface area contributed by atoms with Crippen LogP contribution in [0.25, 0.3) is 10.9 Å². The highest BCUT2D eigenvalue weighted by Gasteiger charge is 2.17. The number of hydrogen-bond acceptors (Lipinski definition) is 6. The minimum atomic E-state index is -0.552. The average Bonchev–Trinajstić information content (AvgIpc) is 2.73. The zero-order valence-electron chi connectivity index (χ0n) is 16.9. The number of rotatable bonds is 9. The van der Waals surface area contributed by atoms with E-state index in [1.54, 1.807) is 7.11 Å². The van der Waals surface area contributed by atoms with Crippen LogP contribution in [0.3, 0.4) is 0 Å². The SMILES string of the molecule is CCc1ccccc1Nc1c(C(N)=O)cnc2cc(OCCNC)c(OC)cc12. The van der Waals surface area contributed by atoms with Crippen molar-refractivity contribution in [2.24, 2.45) is 5.73 Å². The Balaban J connectivity index is 2.15. The molecule has 0 atom stereocenters. The Morgan fingerprint density at radius 3 is 2.69 bits per heavy atom. The molecule has 0 radical (unpaired) electrons. The second-order valence-corrected chi connectivity index (χ2v) is 6.52. The Kier molecular flexibility index (Phi) is 6.51. The van der Waals surface area contributed by atoms with Crippen LogP contribution in [0, 0.1) is 0 Å². The van der Waals surface area contributed by atoms with Gasteiger partial charge in [-0.3, -0.25) is 9.78 Å². The molecule has 3 rings (SSSR count). The van der Waals surface area contributed by atoms with Crippen LogP contribution in [-0.4, -0.2) is 38.2 Å². The molecule has 1 amide bonds. The molecule has 0 spiro atoms. The number of carbonyl (C=O) groups is 1. The van der Waals surface area contributed by atoms with Gasteiger partial charge in [0.05, 0.1) is 23.9 Å².